The molecule has 8 heteroatoms. The van der Waals surface area contributed by atoms with Crippen LogP contribution < -0.4 is 5.32 Å². The number of nitro groups is 1. The standard InChI is InChI=1S/C11H8N6O2/c18-17(19)8-4-2-1-3-7(8)16-11-9-10(13-5-12-9)14-6-15-11/h1-6,9H,(H,12,13,14,15,16). The lowest BCUT2D eigenvalue weighted by Gasteiger charge is -2.15. The molecule has 1 N–H and O–H groups in total. The first-order valence-corrected chi connectivity index (χ1v) is 5.46. The van der Waals surface area contributed by atoms with Crippen molar-refractivity contribution in [2.75, 3.05) is 5.32 Å². The van der Waals surface area contributed by atoms with Crippen LogP contribution in [0.1, 0.15) is 0 Å². The van der Waals surface area contributed by atoms with Gasteiger partial charge in [0.2, 0.25) is 0 Å². The Bertz CT molecular complexity index is 661. The molecule has 19 heavy (non-hydrogen) atoms. The summed E-state index contributed by atoms with van der Waals surface area (Å²) in [4.78, 5) is 26.6. The lowest BCUT2D eigenvalue weighted by molar-refractivity contribution is -0.383. The smallest absolute Gasteiger partial charge is 0.292 e. The molecule has 0 aliphatic carbocycles. The Labute approximate surface area is 107 Å². The minimum Gasteiger partial charge on any atom is -0.336 e. The molecule has 0 spiro atoms. The number of rotatable bonds is 2. The van der Waals surface area contributed by atoms with E-state index in [2.05, 4.69) is 25.3 Å². The molecule has 0 fully saturated rings. The Morgan fingerprint density at radius 2 is 2.05 bits per heavy atom. The Morgan fingerprint density at radius 3 is 2.89 bits per heavy atom. The van der Waals surface area contributed by atoms with Gasteiger partial charge in [-0.25, -0.2) is 15.0 Å². The number of benzene rings is 1. The van der Waals surface area contributed by atoms with Crippen molar-refractivity contribution in [2.24, 2.45) is 20.0 Å². The Kier molecular flexibility index (Phi) is 2.60. The average molecular weight is 256 g/mol. The van der Waals surface area contributed by atoms with E-state index < -0.39 is 11.0 Å². The minimum atomic E-state index is -0.452. The van der Waals surface area contributed by atoms with Gasteiger partial charge in [-0.15, -0.1) is 0 Å². The number of hydrogen-bond acceptors (Lipinski definition) is 7. The van der Waals surface area contributed by atoms with E-state index in [4.69, 9.17) is 0 Å². The topological polar surface area (TPSA) is 105 Å². The van der Waals surface area contributed by atoms with Crippen LogP contribution in [0.25, 0.3) is 0 Å². The zero-order chi connectivity index (χ0) is 13.2. The van der Waals surface area contributed by atoms with E-state index in [1.54, 1.807) is 18.2 Å². The van der Waals surface area contributed by atoms with Gasteiger partial charge in [0.25, 0.3) is 5.69 Å². The maximum atomic E-state index is 10.9. The fourth-order valence-electron chi connectivity index (χ4n) is 1.79. The predicted octanol–water partition coefficient (Wildman–Crippen LogP) is 1.26. The van der Waals surface area contributed by atoms with Crippen LogP contribution in [0.3, 0.4) is 0 Å². The number of nitrogens with zero attached hydrogens (tertiary/aromatic N) is 5. The van der Waals surface area contributed by atoms with Crippen molar-refractivity contribution >= 4 is 35.7 Å². The van der Waals surface area contributed by atoms with Gasteiger partial charge in [-0.1, -0.05) is 12.1 Å². The lowest BCUT2D eigenvalue weighted by Crippen LogP contribution is -2.33. The van der Waals surface area contributed by atoms with E-state index in [0.717, 1.165) is 0 Å². The van der Waals surface area contributed by atoms with Gasteiger partial charge in [0.05, 0.1) is 4.92 Å². The molecule has 1 aromatic rings. The molecule has 2 heterocycles. The van der Waals surface area contributed by atoms with Crippen molar-refractivity contribution in [1.29, 1.82) is 0 Å². The summed E-state index contributed by atoms with van der Waals surface area (Å²) in [5, 5.41) is 13.9. The zero-order valence-electron chi connectivity index (χ0n) is 9.59. The zero-order valence-corrected chi connectivity index (χ0v) is 9.59. The molecule has 0 saturated heterocycles. The number of hydrogen-bond donors (Lipinski definition) is 1. The summed E-state index contributed by atoms with van der Waals surface area (Å²) in [6.45, 7) is 0. The minimum absolute atomic E-state index is 0.0202. The van der Waals surface area contributed by atoms with Crippen molar-refractivity contribution in [2.45, 2.75) is 6.04 Å². The van der Waals surface area contributed by atoms with Crippen LogP contribution in [0, 0.1) is 10.1 Å². The molecule has 1 unspecified atom stereocenters. The molecule has 0 radical (unpaired) electrons. The summed E-state index contributed by atoms with van der Waals surface area (Å²) in [5.41, 5.74) is 0.344. The van der Waals surface area contributed by atoms with Gasteiger partial charge in [0.15, 0.2) is 11.9 Å². The molecular weight excluding hydrogens is 248 g/mol. The third-order valence-corrected chi connectivity index (χ3v) is 2.66. The summed E-state index contributed by atoms with van der Waals surface area (Å²) in [6, 6.07) is 5.94. The Balaban J connectivity index is 1.92. The van der Waals surface area contributed by atoms with Gasteiger partial charge < -0.3 is 5.32 Å². The van der Waals surface area contributed by atoms with Gasteiger partial charge in [0, 0.05) is 6.07 Å². The lowest BCUT2D eigenvalue weighted by atomic mass is 10.2. The Morgan fingerprint density at radius 1 is 1.21 bits per heavy atom. The van der Waals surface area contributed by atoms with Crippen molar-refractivity contribution in [3.05, 3.63) is 34.4 Å². The molecule has 8 nitrogen and oxygen atoms in total. The molecule has 94 valence electrons. The number of amidine groups is 2. The van der Waals surface area contributed by atoms with Crippen LogP contribution in [0.2, 0.25) is 0 Å². The highest BCUT2D eigenvalue weighted by atomic mass is 16.6. The number of para-hydroxylation sites is 2. The molecule has 1 atom stereocenters. The fraction of sp³-hybridized carbons (Fsp3) is 0.0909. The van der Waals surface area contributed by atoms with Gasteiger partial charge in [0.1, 0.15) is 24.2 Å². The molecule has 3 rings (SSSR count). The highest BCUT2D eigenvalue weighted by Crippen LogP contribution is 2.24. The molecule has 0 bridgehead atoms. The van der Waals surface area contributed by atoms with E-state index in [0.29, 0.717) is 17.4 Å². The monoisotopic (exact) mass is 256 g/mol. The molecule has 1 aromatic carbocycles. The highest BCUT2D eigenvalue weighted by Gasteiger charge is 2.27. The second-order valence-electron chi connectivity index (χ2n) is 3.81. The fourth-order valence-corrected chi connectivity index (χ4v) is 1.79. The summed E-state index contributed by atoms with van der Waals surface area (Å²) in [6.07, 6.45) is 2.75. The van der Waals surface area contributed by atoms with E-state index in [-0.39, 0.29) is 5.69 Å². The van der Waals surface area contributed by atoms with Crippen LogP contribution in [0.15, 0.2) is 44.2 Å². The number of aliphatic imine (C=N–C) groups is 4. The molecular formula is C11H8N6O2. The van der Waals surface area contributed by atoms with Crippen molar-refractivity contribution in [1.82, 2.24) is 0 Å². The second-order valence-corrected chi connectivity index (χ2v) is 3.81. The Hall–Kier alpha value is -2.90. The summed E-state index contributed by atoms with van der Waals surface area (Å²) < 4.78 is 0. The largest absolute Gasteiger partial charge is 0.336 e. The maximum Gasteiger partial charge on any atom is 0.292 e. The SMILES string of the molecule is O=[N+]([O-])c1ccccc1NC1=NC=NC2=NC=NC21. The predicted molar refractivity (Wildman–Crippen MR) is 72.4 cm³/mol. The average Bonchev–Trinajstić information content (AvgIpc) is 2.88. The molecule has 0 aromatic heterocycles. The molecule has 0 saturated carbocycles. The van der Waals surface area contributed by atoms with Crippen LogP contribution in [0.5, 0.6) is 0 Å². The first-order chi connectivity index (χ1) is 9.25. The summed E-state index contributed by atoms with van der Waals surface area (Å²) in [7, 11) is 0. The number of anilines is 1. The van der Waals surface area contributed by atoms with E-state index in [1.807, 2.05) is 0 Å². The van der Waals surface area contributed by atoms with E-state index in [1.165, 1.54) is 18.7 Å². The maximum absolute atomic E-state index is 10.9. The van der Waals surface area contributed by atoms with Crippen molar-refractivity contribution < 1.29 is 4.92 Å². The third kappa shape index (κ3) is 1.99. The second kappa shape index (κ2) is 4.41. The van der Waals surface area contributed by atoms with Crippen LogP contribution in [-0.2, 0) is 0 Å². The van der Waals surface area contributed by atoms with E-state index in [9.17, 15) is 10.1 Å². The van der Waals surface area contributed by atoms with Gasteiger partial charge in [-0.2, -0.15) is 0 Å². The normalized spacial score (nSPS) is 19.7. The first kappa shape index (κ1) is 11.2. The molecule has 2 aliphatic rings. The number of nitrogens with one attached hydrogen (secondary N) is 1. The van der Waals surface area contributed by atoms with Crippen LogP contribution >= 0.6 is 0 Å². The molecule has 0 amide bonds. The van der Waals surface area contributed by atoms with Crippen molar-refractivity contribution in [3.8, 4) is 0 Å². The highest BCUT2D eigenvalue weighted by molar-refractivity contribution is 6.23. The first-order valence-electron chi connectivity index (χ1n) is 5.46. The number of nitro benzene ring substituents is 1. The van der Waals surface area contributed by atoms with Gasteiger partial charge in [-0.05, 0) is 6.07 Å². The van der Waals surface area contributed by atoms with Crippen LogP contribution in [-0.4, -0.2) is 35.3 Å². The quantitative estimate of drug-likeness (QED) is 0.635. The summed E-state index contributed by atoms with van der Waals surface area (Å²) in [5.74, 6) is 0.993. The molecule has 2 aliphatic heterocycles. The summed E-state index contributed by atoms with van der Waals surface area (Å²) >= 11 is 0. The van der Waals surface area contributed by atoms with Gasteiger partial charge >= 0.3 is 0 Å². The van der Waals surface area contributed by atoms with Crippen molar-refractivity contribution in [3.63, 3.8) is 0 Å². The third-order valence-electron chi connectivity index (χ3n) is 2.66. The van der Waals surface area contributed by atoms with Gasteiger partial charge in [-0.3, -0.25) is 15.1 Å². The van der Waals surface area contributed by atoms with Crippen LogP contribution in [0.4, 0.5) is 11.4 Å². The van der Waals surface area contributed by atoms with E-state index >= 15 is 0 Å². The number of fused-ring (bicyclic) bond motifs is 1.